The first-order chi connectivity index (χ1) is 8.45. The number of aliphatic hydroxyl groups is 1. The minimum Gasteiger partial charge on any atom is -0.394 e. The molecule has 4 atom stereocenters. The second kappa shape index (κ2) is 4.66. The normalized spacial score (nSPS) is 31.8. The molecule has 1 aliphatic rings. The first-order valence-electron chi connectivity index (χ1n) is 5.68. The maximum Gasteiger partial charge on any atom is 0.330 e. The van der Waals surface area contributed by atoms with Gasteiger partial charge in [0.1, 0.15) is 0 Å². The lowest BCUT2D eigenvalue weighted by Crippen LogP contribution is -2.36. The number of nitrogens with one attached hydrogen (secondary N) is 1. The summed E-state index contributed by atoms with van der Waals surface area (Å²) in [6.45, 7) is 2.81. The molecule has 1 aromatic rings. The van der Waals surface area contributed by atoms with Crippen molar-refractivity contribution in [2.75, 3.05) is 6.61 Å². The van der Waals surface area contributed by atoms with Gasteiger partial charge in [0.05, 0.1) is 12.7 Å². The lowest BCUT2D eigenvalue weighted by atomic mass is 10.0. The van der Waals surface area contributed by atoms with Crippen LogP contribution in [0, 0.1) is 12.8 Å². The van der Waals surface area contributed by atoms with Crippen LogP contribution in [0.1, 0.15) is 18.7 Å². The van der Waals surface area contributed by atoms with Crippen LogP contribution in [-0.2, 0) is 4.74 Å². The monoisotopic (exact) mass is 258 g/mol. The number of aromatic nitrogens is 2. The molecule has 100 valence electrons. The third-order valence-corrected chi connectivity index (χ3v) is 3.28. The van der Waals surface area contributed by atoms with E-state index in [-0.39, 0.29) is 6.61 Å². The highest BCUT2D eigenvalue weighted by molar-refractivity contribution is 5.02. The number of hydrogen-bond donors (Lipinski definition) is 2. The van der Waals surface area contributed by atoms with Crippen LogP contribution >= 0.6 is 0 Å². The number of aryl methyl sites for hydroxylation is 1. The number of aromatic amines is 1. The minimum absolute atomic E-state index is 0.297. The average Bonchev–Trinajstić information content (AvgIpc) is 2.61. The number of rotatable bonds is 2. The molecule has 0 bridgehead atoms. The molecule has 1 saturated heterocycles. The molecule has 18 heavy (non-hydrogen) atoms. The van der Waals surface area contributed by atoms with E-state index in [9.17, 15) is 14.0 Å². The molecular weight excluding hydrogens is 243 g/mol. The van der Waals surface area contributed by atoms with Gasteiger partial charge in [-0.2, -0.15) is 0 Å². The minimum atomic E-state index is -1.41. The van der Waals surface area contributed by atoms with Crippen molar-refractivity contribution in [3.8, 4) is 0 Å². The van der Waals surface area contributed by atoms with Gasteiger partial charge in [0.15, 0.2) is 12.4 Å². The molecule has 0 amide bonds. The second-order valence-corrected chi connectivity index (χ2v) is 4.53. The van der Waals surface area contributed by atoms with E-state index >= 15 is 0 Å². The Labute approximate surface area is 102 Å². The first kappa shape index (κ1) is 13.0. The summed E-state index contributed by atoms with van der Waals surface area (Å²) in [6, 6.07) is 0. The molecule has 7 heteroatoms. The van der Waals surface area contributed by atoms with Gasteiger partial charge in [-0.25, -0.2) is 9.18 Å². The standard InChI is InChI=1S/C11H15FN2O4/c1-5-3-14(11(17)13-9(5)16)10-8(12)6(2)7(4-15)18-10/h3,6-8,10,15H,4H2,1-2H3,(H,13,16,17)/t6-,7-,8+,10-/m1/s1. The molecule has 0 unspecified atom stereocenters. The van der Waals surface area contributed by atoms with Gasteiger partial charge < -0.3 is 9.84 Å². The summed E-state index contributed by atoms with van der Waals surface area (Å²) in [6.07, 6.45) is -1.90. The third-order valence-electron chi connectivity index (χ3n) is 3.28. The van der Waals surface area contributed by atoms with E-state index in [0.29, 0.717) is 5.56 Å². The van der Waals surface area contributed by atoms with Crippen molar-refractivity contribution in [2.24, 2.45) is 5.92 Å². The van der Waals surface area contributed by atoms with Crippen molar-refractivity contribution in [2.45, 2.75) is 32.4 Å². The summed E-state index contributed by atoms with van der Waals surface area (Å²) in [4.78, 5) is 24.9. The number of nitrogens with zero attached hydrogens (tertiary/aromatic N) is 1. The van der Waals surface area contributed by atoms with Gasteiger partial charge in [-0.1, -0.05) is 6.92 Å². The van der Waals surface area contributed by atoms with Gasteiger partial charge in [-0.05, 0) is 6.92 Å². The highest BCUT2D eigenvalue weighted by Gasteiger charge is 2.43. The molecule has 1 aliphatic heterocycles. The van der Waals surface area contributed by atoms with Gasteiger partial charge in [0.2, 0.25) is 0 Å². The Morgan fingerprint density at radius 1 is 1.56 bits per heavy atom. The molecule has 2 heterocycles. The van der Waals surface area contributed by atoms with E-state index in [4.69, 9.17) is 9.84 Å². The average molecular weight is 258 g/mol. The lowest BCUT2D eigenvalue weighted by molar-refractivity contribution is -0.0420. The fourth-order valence-electron chi connectivity index (χ4n) is 2.05. The smallest absolute Gasteiger partial charge is 0.330 e. The van der Waals surface area contributed by atoms with E-state index in [2.05, 4.69) is 4.98 Å². The third kappa shape index (κ3) is 1.99. The Morgan fingerprint density at radius 3 is 2.78 bits per heavy atom. The lowest BCUT2D eigenvalue weighted by Gasteiger charge is -2.16. The van der Waals surface area contributed by atoms with Crippen molar-refractivity contribution >= 4 is 0 Å². The summed E-state index contributed by atoms with van der Waals surface area (Å²) >= 11 is 0. The molecule has 0 saturated carbocycles. The Bertz CT molecular complexity index is 553. The topological polar surface area (TPSA) is 84.3 Å². The summed E-state index contributed by atoms with van der Waals surface area (Å²) in [5.41, 5.74) is -0.925. The maximum absolute atomic E-state index is 14.0. The highest BCUT2D eigenvalue weighted by Crippen LogP contribution is 2.34. The number of H-pyrrole nitrogens is 1. The predicted octanol–water partition coefficient (Wildman–Crippen LogP) is -0.291. The fourth-order valence-corrected chi connectivity index (χ4v) is 2.05. The molecule has 6 nitrogen and oxygen atoms in total. The van der Waals surface area contributed by atoms with E-state index < -0.39 is 35.7 Å². The van der Waals surface area contributed by atoms with Gasteiger partial charge in [0, 0.05) is 17.7 Å². The molecule has 0 aliphatic carbocycles. The van der Waals surface area contributed by atoms with E-state index in [1.54, 1.807) is 6.92 Å². The quantitative estimate of drug-likeness (QED) is 0.763. The van der Waals surface area contributed by atoms with Gasteiger partial charge in [-0.15, -0.1) is 0 Å². The number of aliphatic hydroxyl groups excluding tert-OH is 1. The number of alkyl halides is 1. The summed E-state index contributed by atoms with van der Waals surface area (Å²) in [7, 11) is 0. The summed E-state index contributed by atoms with van der Waals surface area (Å²) in [5.74, 6) is -0.515. The fraction of sp³-hybridized carbons (Fsp3) is 0.636. The van der Waals surface area contributed by atoms with Crippen molar-refractivity contribution in [3.05, 3.63) is 32.6 Å². The molecule has 0 spiro atoms. The zero-order chi connectivity index (χ0) is 13.4. The molecule has 1 fully saturated rings. The first-order valence-corrected chi connectivity index (χ1v) is 5.68. The Hall–Kier alpha value is -1.47. The SMILES string of the molecule is Cc1cn([C@@H]2O[C@H](CO)[C@@H](C)[C@@H]2F)c(=O)[nH]c1=O. The molecular formula is C11H15FN2O4. The van der Waals surface area contributed by atoms with Crippen molar-refractivity contribution in [1.29, 1.82) is 0 Å². The Balaban J connectivity index is 2.42. The van der Waals surface area contributed by atoms with Crippen LogP contribution in [0.4, 0.5) is 4.39 Å². The van der Waals surface area contributed by atoms with E-state index in [1.165, 1.54) is 13.1 Å². The van der Waals surface area contributed by atoms with Crippen LogP contribution < -0.4 is 11.2 Å². The molecule has 0 aromatic carbocycles. The van der Waals surface area contributed by atoms with Crippen molar-refractivity contribution in [3.63, 3.8) is 0 Å². The number of ether oxygens (including phenoxy) is 1. The largest absolute Gasteiger partial charge is 0.394 e. The van der Waals surface area contributed by atoms with Gasteiger partial charge in [-0.3, -0.25) is 14.3 Å². The summed E-state index contributed by atoms with van der Waals surface area (Å²) in [5, 5.41) is 9.05. The zero-order valence-corrected chi connectivity index (χ0v) is 10.1. The molecule has 2 N–H and O–H groups in total. The maximum atomic E-state index is 14.0. The predicted molar refractivity (Wildman–Crippen MR) is 61.1 cm³/mol. The van der Waals surface area contributed by atoms with Gasteiger partial charge in [0.25, 0.3) is 5.56 Å². The van der Waals surface area contributed by atoms with Crippen LogP contribution in [-0.4, -0.2) is 33.5 Å². The molecule has 1 aromatic heterocycles. The van der Waals surface area contributed by atoms with Crippen LogP contribution in [0.15, 0.2) is 15.8 Å². The van der Waals surface area contributed by atoms with Crippen molar-refractivity contribution < 1.29 is 14.2 Å². The number of hydrogen-bond acceptors (Lipinski definition) is 4. The highest BCUT2D eigenvalue weighted by atomic mass is 19.1. The van der Waals surface area contributed by atoms with Crippen LogP contribution in [0.5, 0.6) is 0 Å². The number of halogens is 1. The molecule has 0 radical (unpaired) electrons. The van der Waals surface area contributed by atoms with Crippen LogP contribution in [0.3, 0.4) is 0 Å². The van der Waals surface area contributed by atoms with Gasteiger partial charge >= 0.3 is 5.69 Å². The zero-order valence-electron chi connectivity index (χ0n) is 10.1. The molecule has 2 rings (SSSR count). The second-order valence-electron chi connectivity index (χ2n) is 4.53. The van der Waals surface area contributed by atoms with Crippen molar-refractivity contribution in [1.82, 2.24) is 9.55 Å². The van der Waals surface area contributed by atoms with Crippen LogP contribution in [0.25, 0.3) is 0 Å². The van der Waals surface area contributed by atoms with E-state index in [0.717, 1.165) is 4.57 Å². The Morgan fingerprint density at radius 2 is 2.22 bits per heavy atom. The summed E-state index contributed by atoms with van der Waals surface area (Å²) < 4.78 is 20.4. The van der Waals surface area contributed by atoms with E-state index in [1.807, 2.05) is 0 Å². The van der Waals surface area contributed by atoms with Crippen LogP contribution in [0.2, 0.25) is 0 Å². The Kier molecular flexibility index (Phi) is 3.36.